The Morgan fingerprint density at radius 2 is 2.00 bits per heavy atom. The van der Waals surface area contributed by atoms with Gasteiger partial charge in [0, 0.05) is 17.4 Å². The minimum absolute atomic E-state index is 0. The maximum atomic E-state index is 11.5. The van der Waals surface area contributed by atoms with Crippen molar-refractivity contribution in [2.24, 2.45) is 5.92 Å². The van der Waals surface area contributed by atoms with Crippen LogP contribution in [0.5, 0.6) is 11.5 Å². The molecule has 1 heterocycles. The number of aryl methyl sites for hydroxylation is 1. The largest absolute Gasteiger partial charge is 0.507 e. The van der Waals surface area contributed by atoms with Crippen LogP contribution in [0, 0.1) is 12.8 Å². The van der Waals surface area contributed by atoms with Crippen LogP contribution in [0.4, 0.5) is 0 Å². The number of benzene rings is 1. The molecule has 0 aromatic heterocycles. The molecule has 0 saturated heterocycles. The average Bonchev–Trinajstić information content (AvgIpc) is 2.35. The van der Waals surface area contributed by atoms with Crippen LogP contribution >= 0.6 is 0 Å². The first kappa shape index (κ1) is 17.4. The smallest absolute Gasteiger partial charge is 0.339 e. The molecule has 1 aliphatic carbocycles. The molecule has 0 bridgehead atoms. The molecule has 2 unspecified atom stereocenters. The number of allylic oxidation sites excluding steroid dienone is 2. The number of hydrogen-bond acceptors (Lipinski definition) is 3. The number of ether oxygens (including phenoxy) is 1. The zero-order valence-corrected chi connectivity index (χ0v) is 13.4. The lowest BCUT2D eigenvalue weighted by Crippen LogP contribution is -2.45. The molecule has 1 aromatic rings. The number of phenols is 1. The van der Waals surface area contributed by atoms with E-state index >= 15 is 0 Å². The summed E-state index contributed by atoms with van der Waals surface area (Å²) in [4.78, 5) is 11.5. The van der Waals surface area contributed by atoms with Crippen LogP contribution in [0.2, 0.25) is 0 Å². The first-order valence-electron chi connectivity index (χ1n) is 7.68. The fourth-order valence-electron chi connectivity index (χ4n) is 3.95. The van der Waals surface area contributed by atoms with Gasteiger partial charge in [-0.05, 0) is 52.2 Å². The summed E-state index contributed by atoms with van der Waals surface area (Å²) in [6, 6.07) is 1.74. The molecule has 2 atom stereocenters. The molecule has 1 aliphatic heterocycles. The second kappa shape index (κ2) is 5.59. The summed E-state index contributed by atoms with van der Waals surface area (Å²) in [6.07, 6.45) is 4.16. The van der Waals surface area contributed by atoms with E-state index in [1.807, 2.05) is 0 Å². The van der Waals surface area contributed by atoms with Crippen LogP contribution in [-0.2, 0) is 0 Å². The first-order chi connectivity index (χ1) is 10.2. The van der Waals surface area contributed by atoms with E-state index < -0.39 is 5.97 Å². The number of carbonyl (C=O) groups is 1. The van der Waals surface area contributed by atoms with E-state index in [4.69, 9.17) is 4.74 Å². The lowest BCUT2D eigenvalue weighted by molar-refractivity contribution is 0.0107. The van der Waals surface area contributed by atoms with Gasteiger partial charge in [0.1, 0.15) is 22.7 Å². The topological polar surface area (TPSA) is 66.8 Å². The van der Waals surface area contributed by atoms with Crippen molar-refractivity contribution in [1.29, 1.82) is 0 Å². The molecule has 23 heavy (non-hydrogen) atoms. The van der Waals surface area contributed by atoms with Crippen molar-refractivity contribution in [2.75, 3.05) is 0 Å². The Hall–Kier alpha value is -1.97. The van der Waals surface area contributed by atoms with Gasteiger partial charge in [-0.2, -0.15) is 0 Å². The normalized spacial score (nSPS) is 24.4. The highest BCUT2D eigenvalue weighted by Crippen LogP contribution is 2.54. The van der Waals surface area contributed by atoms with Gasteiger partial charge < -0.3 is 14.9 Å². The second-order valence-electron chi connectivity index (χ2n) is 7.02. The molecule has 0 fully saturated rings. The number of fused-ring (bicyclic) bond motifs is 3. The van der Waals surface area contributed by atoms with E-state index in [2.05, 4.69) is 26.8 Å². The fourth-order valence-corrected chi connectivity index (χ4v) is 3.95. The lowest BCUT2D eigenvalue weighted by Gasteiger charge is -2.46. The van der Waals surface area contributed by atoms with E-state index in [0.717, 1.165) is 12.8 Å². The third kappa shape index (κ3) is 2.60. The lowest BCUT2D eigenvalue weighted by atomic mass is 9.67. The summed E-state index contributed by atoms with van der Waals surface area (Å²) in [5, 5.41) is 20.0. The predicted octanol–water partition coefficient (Wildman–Crippen LogP) is 4.65. The minimum Gasteiger partial charge on any atom is -0.507 e. The summed E-state index contributed by atoms with van der Waals surface area (Å²) in [5.41, 5.74) is 2.08. The molecule has 2 aliphatic rings. The predicted molar refractivity (Wildman–Crippen MR) is 90.5 cm³/mol. The van der Waals surface area contributed by atoms with Gasteiger partial charge in [0.2, 0.25) is 0 Å². The van der Waals surface area contributed by atoms with Gasteiger partial charge in [-0.25, -0.2) is 4.79 Å². The molecule has 4 nitrogen and oxygen atoms in total. The summed E-state index contributed by atoms with van der Waals surface area (Å²) >= 11 is 0. The van der Waals surface area contributed by atoms with Gasteiger partial charge in [-0.1, -0.05) is 19.1 Å². The summed E-state index contributed by atoms with van der Waals surface area (Å²) in [7, 11) is 0. The summed E-state index contributed by atoms with van der Waals surface area (Å²) in [5.74, 6) is -0.392. The van der Waals surface area contributed by atoms with Gasteiger partial charge in [-0.15, -0.1) is 0 Å². The van der Waals surface area contributed by atoms with Crippen LogP contribution in [0.15, 0.2) is 17.7 Å². The highest BCUT2D eigenvalue weighted by molar-refractivity contribution is 5.93. The maximum Gasteiger partial charge on any atom is 0.339 e. The average molecular weight is 318 g/mol. The van der Waals surface area contributed by atoms with Crippen LogP contribution in [0.25, 0.3) is 0 Å². The molecule has 2 N–H and O–H groups in total. The summed E-state index contributed by atoms with van der Waals surface area (Å²) < 4.78 is 6.14. The fraction of sp³-hybridized carbons (Fsp3) is 0.526. The van der Waals surface area contributed by atoms with Crippen molar-refractivity contribution in [1.82, 2.24) is 0 Å². The Bertz CT molecular complexity index is 685. The van der Waals surface area contributed by atoms with Gasteiger partial charge in [0.05, 0.1) is 0 Å². The Kier molecular flexibility index (Phi) is 4.22. The van der Waals surface area contributed by atoms with Crippen LogP contribution < -0.4 is 4.74 Å². The molecular weight excluding hydrogens is 292 g/mol. The van der Waals surface area contributed by atoms with Crippen LogP contribution in [0.1, 0.15) is 68.4 Å². The molecule has 0 saturated carbocycles. The number of rotatable bonds is 1. The van der Waals surface area contributed by atoms with Gasteiger partial charge in [0.25, 0.3) is 0 Å². The van der Waals surface area contributed by atoms with E-state index in [9.17, 15) is 15.0 Å². The van der Waals surface area contributed by atoms with Crippen molar-refractivity contribution >= 4 is 5.97 Å². The molecule has 3 rings (SSSR count). The molecular formula is C19H26O4. The van der Waals surface area contributed by atoms with Gasteiger partial charge in [-0.3, -0.25) is 0 Å². The minimum atomic E-state index is -1.10. The van der Waals surface area contributed by atoms with E-state index in [1.54, 1.807) is 13.0 Å². The SMILES string of the molecule is C.CC1=CC2c3c(cc(C)c(C(=O)O)c3O)OC(C)(C)C2CC1. The van der Waals surface area contributed by atoms with Crippen molar-refractivity contribution in [3.05, 3.63) is 34.4 Å². The summed E-state index contributed by atoms with van der Waals surface area (Å²) in [6.45, 7) is 7.91. The third-order valence-corrected chi connectivity index (χ3v) is 5.06. The molecule has 0 spiro atoms. The zero-order chi connectivity index (χ0) is 16.2. The second-order valence-corrected chi connectivity index (χ2v) is 7.02. The monoisotopic (exact) mass is 318 g/mol. The Morgan fingerprint density at radius 3 is 2.61 bits per heavy atom. The number of carboxylic acid groups (broad SMARTS) is 1. The highest BCUT2D eigenvalue weighted by Gasteiger charge is 2.46. The third-order valence-electron chi connectivity index (χ3n) is 5.06. The van der Waals surface area contributed by atoms with Gasteiger partial charge >= 0.3 is 5.97 Å². The number of aromatic carboxylic acids is 1. The standard InChI is InChI=1S/C18H22O4.CH4/c1-9-5-6-12-11(7-9)15-13(22-18(12,3)4)8-10(2)14(16(15)19)17(20)21;/h7-8,11-12,19H,5-6H2,1-4H3,(H,20,21);1H4. The van der Waals surface area contributed by atoms with Crippen molar-refractivity contribution in [3.8, 4) is 11.5 Å². The first-order valence-corrected chi connectivity index (χ1v) is 7.68. The van der Waals surface area contributed by atoms with Crippen molar-refractivity contribution in [2.45, 2.75) is 59.5 Å². The Labute approximate surface area is 137 Å². The Balaban J connectivity index is 0.00000192. The zero-order valence-electron chi connectivity index (χ0n) is 13.4. The molecule has 0 radical (unpaired) electrons. The van der Waals surface area contributed by atoms with E-state index in [1.165, 1.54) is 5.57 Å². The molecule has 126 valence electrons. The van der Waals surface area contributed by atoms with E-state index in [-0.39, 0.29) is 36.2 Å². The highest BCUT2D eigenvalue weighted by atomic mass is 16.5. The van der Waals surface area contributed by atoms with Crippen LogP contribution in [0.3, 0.4) is 0 Å². The molecule has 0 amide bonds. The number of carboxylic acids is 1. The molecule has 1 aromatic carbocycles. The van der Waals surface area contributed by atoms with Crippen LogP contribution in [-0.4, -0.2) is 21.8 Å². The maximum absolute atomic E-state index is 11.5. The number of hydrogen-bond donors (Lipinski definition) is 2. The van der Waals surface area contributed by atoms with Crippen molar-refractivity contribution in [3.63, 3.8) is 0 Å². The quantitative estimate of drug-likeness (QED) is 0.740. The molecule has 4 heteroatoms. The van der Waals surface area contributed by atoms with Gasteiger partial charge in [0.15, 0.2) is 0 Å². The number of aromatic hydroxyl groups is 1. The Morgan fingerprint density at radius 1 is 1.35 bits per heavy atom. The van der Waals surface area contributed by atoms with Crippen molar-refractivity contribution < 1.29 is 19.7 Å². The van der Waals surface area contributed by atoms with E-state index in [0.29, 0.717) is 16.9 Å².